The third-order valence-corrected chi connectivity index (χ3v) is 3.84. The van der Waals surface area contributed by atoms with Crippen LogP contribution in [0.15, 0.2) is 18.6 Å². The molecule has 0 aliphatic rings. The van der Waals surface area contributed by atoms with E-state index in [9.17, 15) is 4.79 Å². The Hall–Kier alpha value is -1.66. The summed E-state index contributed by atoms with van der Waals surface area (Å²) in [6, 6.07) is 0. The molecule has 0 spiro atoms. The molecule has 0 saturated carbocycles. The molecule has 0 N–H and O–H groups in total. The van der Waals surface area contributed by atoms with E-state index < -0.39 is 0 Å². The number of carbonyl (C=O) groups is 1. The number of fused-ring (bicyclic) bond motifs is 1. The monoisotopic (exact) mass is 279 g/mol. The third-order valence-electron chi connectivity index (χ3n) is 2.78. The Labute approximate surface area is 116 Å². The molecule has 0 fully saturated rings. The Bertz CT molecular complexity index is 600. The number of hydrogen-bond acceptors (Lipinski definition) is 4. The van der Waals surface area contributed by atoms with Crippen LogP contribution in [-0.2, 0) is 4.84 Å². The van der Waals surface area contributed by atoms with Gasteiger partial charge in [-0.2, -0.15) is 0 Å². The summed E-state index contributed by atoms with van der Waals surface area (Å²) < 4.78 is 1.80. The Kier molecular flexibility index (Phi) is 4.34. The van der Waals surface area contributed by atoms with Crippen LogP contribution in [0.25, 0.3) is 10.9 Å². The van der Waals surface area contributed by atoms with Gasteiger partial charge in [-0.3, -0.25) is 14.0 Å². The Morgan fingerprint density at radius 1 is 1.63 bits per heavy atom. The number of imidazole rings is 1. The third kappa shape index (κ3) is 2.69. The minimum atomic E-state index is -0.178. The first-order valence-corrected chi connectivity index (χ1v) is 6.94. The summed E-state index contributed by atoms with van der Waals surface area (Å²) in [5, 5.41) is 1.22. The van der Waals surface area contributed by atoms with Gasteiger partial charge in [0.25, 0.3) is 5.91 Å². The number of nitrogens with zero attached hydrogens (tertiary/aromatic N) is 3. The van der Waals surface area contributed by atoms with Crippen LogP contribution >= 0.6 is 11.3 Å². The number of hydroxylamine groups is 2. The van der Waals surface area contributed by atoms with Crippen molar-refractivity contribution in [1.29, 1.82) is 0 Å². The second-order valence-corrected chi connectivity index (χ2v) is 5.16. The van der Waals surface area contributed by atoms with Crippen molar-refractivity contribution in [2.75, 3.05) is 14.2 Å². The van der Waals surface area contributed by atoms with Gasteiger partial charge in [-0.25, -0.2) is 10.0 Å². The van der Waals surface area contributed by atoms with Crippen LogP contribution in [0.4, 0.5) is 0 Å². The Morgan fingerprint density at radius 2 is 2.42 bits per heavy atom. The van der Waals surface area contributed by atoms with Gasteiger partial charge in [0.1, 0.15) is 16.9 Å². The number of hydrogen-bond donors (Lipinski definition) is 0. The molecule has 0 bridgehead atoms. The summed E-state index contributed by atoms with van der Waals surface area (Å²) in [4.78, 5) is 23.2. The van der Waals surface area contributed by atoms with Gasteiger partial charge in [-0.15, -0.1) is 11.3 Å². The zero-order valence-electron chi connectivity index (χ0n) is 11.3. The van der Waals surface area contributed by atoms with Gasteiger partial charge in [0.2, 0.25) is 0 Å². The van der Waals surface area contributed by atoms with Crippen LogP contribution in [0.1, 0.15) is 35.1 Å². The van der Waals surface area contributed by atoms with Crippen LogP contribution in [0, 0.1) is 0 Å². The van der Waals surface area contributed by atoms with E-state index in [4.69, 9.17) is 4.84 Å². The molecule has 19 heavy (non-hydrogen) atoms. The number of aromatic nitrogens is 2. The van der Waals surface area contributed by atoms with E-state index in [2.05, 4.69) is 18.0 Å². The van der Waals surface area contributed by atoms with E-state index in [0.717, 1.165) is 22.5 Å². The normalized spacial score (nSPS) is 11.5. The minimum Gasteiger partial charge on any atom is -0.284 e. The standard InChI is InChI=1S/C13H17N3O2S/c1-4-5-6-7-10-12(13(17)15(2)18-3)16-9-14-8-11(16)19-10/h6-9H,4-5H2,1-3H3. The molecule has 0 saturated heterocycles. The Morgan fingerprint density at radius 3 is 3.11 bits per heavy atom. The molecule has 0 aromatic carbocycles. The lowest BCUT2D eigenvalue weighted by molar-refractivity contribution is -0.0761. The van der Waals surface area contributed by atoms with Crippen molar-refractivity contribution >= 4 is 28.2 Å². The molecule has 2 heterocycles. The van der Waals surface area contributed by atoms with Crippen molar-refractivity contribution in [2.24, 2.45) is 0 Å². The molecule has 5 nitrogen and oxygen atoms in total. The molecule has 0 radical (unpaired) electrons. The van der Waals surface area contributed by atoms with Crippen molar-refractivity contribution in [3.8, 4) is 0 Å². The fourth-order valence-electron chi connectivity index (χ4n) is 1.72. The van der Waals surface area contributed by atoms with Gasteiger partial charge in [-0.05, 0) is 12.5 Å². The highest BCUT2D eigenvalue weighted by Gasteiger charge is 2.21. The Balaban J connectivity index is 2.45. The van der Waals surface area contributed by atoms with Crippen LogP contribution in [-0.4, -0.2) is 34.5 Å². The largest absolute Gasteiger partial charge is 0.295 e. The maximum Gasteiger partial charge on any atom is 0.295 e. The van der Waals surface area contributed by atoms with Crippen molar-refractivity contribution in [3.63, 3.8) is 0 Å². The molecule has 0 atom stereocenters. The average Bonchev–Trinajstić information content (AvgIpc) is 2.97. The fraction of sp³-hybridized carbons (Fsp3) is 0.385. The van der Waals surface area contributed by atoms with Crippen LogP contribution in [0.2, 0.25) is 0 Å². The second kappa shape index (κ2) is 5.99. The SMILES string of the molecule is CCCC=Cc1sc2cncn2c1C(=O)N(C)OC. The summed E-state index contributed by atoms with van der Waals surface area (Å²) in [5.41, 5.74) is 0.592. The van der Waals surface area contributed by atoms with E-state index in [0.29, 0.717) is 5.69 Å². The van der Waals surface area contributed by atoms with Crippen molar-refractivity contribution in [1.82, 2.24) is 14.4 Å². The van der Waals surface area contributed by atoms with Crippen molar-refractivity contribution in [2.45, 2.75) is 19.8 Å². The molecule has 2 aromatic rings. The van der Waals surface area contributed by atoms with Gasteiger partial charge in [0, 0.05) is 7.05 Å². The van der Waals surface area contributed by atoms with Gasteiger partial charge < -0.3 is 0 Å². The van der Waals surface area contributed by atoms with E-state index in [1.165, 1.54) is 12.2 Å². The predicted molar refractivity (Wildman–Crippen MR) is 76.1 cm³/mol. The van der Waals surface area contributed by atoms with Gasteiger partial charge >= 0.3 is 0 Å². The quantitative estimate of drug-likeness (QED) is 0.791. The average molecular weight is 279 g/mol. The van der Waals surface area contributed by atoms with Crippen LogP contribution in [0.3, 0.4) is 0 Å². The summed E-state index contributed by atoms with van der Waals surface area (Å²) in [7, 11) is 3.07. The zero-order valence-corrected chi connectivity index (χ0v) is 12.1. The highest BCUT2D eigenvalue weighted by atomic mass is 32.1. The smallest absolute Gasteiger partial charge is 0.284 e. The summed E-state index contributed by atoms with van der Waals surface area (Å²) >= 11 is 1.55. The molecule has 6 heteroatoms. The molecule has 102 valence electrons. The van der Waals surface area contributed by atoms with E-state index >= 15 is 0 Å². The highest BCUT2D eigenvalue weighted by Crippen LogP contribution is 2.26. The van der Waals surface area contributed by atoms with E-state index in [1.54, 1.807) is 35.3 Å². The number of unbranched alkanes of at least 4 members (excludes halogenated alkanes) is 1. The number of rotatable bonds is 5. The zero-order chi connectivity index (χ0) is 13.8. The van der Waals surface area contributed by atoms with E-state index in [-0.39, 0.29) is 5.91 Å². The first kappa shape index (κ1) is 13.8. The lowest BCUT2D eigenvalue weighted by atomic mass is 10.2. The lowest BCUT2D eigenvalue weighted by Gasteiger charge is -2.13. The van der Waals surface area contributed by atoms with Crippen molar-refractivity contribution in [3.05, 3.63) is 29.2 Å². The van der Waals surface area contributed by atoms with E-state index in [1.807, 2.05) is 6.08 Å². The first-order chi connectivity index (χ1) is 9.19. The number of carbonyl (C=O) groups excluding carboxylic acids is 1. The minimum absolute atomic E-state index is 0.178. The molecule has 0 unspecified atom stereocenters. The molecule has 2 aromatic heterocycles. The molecule has 0 aliphatic carbocycles. The molecular formula is C13H17N3O2S. The summed E-state index contributed by atoms with van der Waals surface area (Å²) in [6.07, 6.45) is 9.58. The fourth-order valence-corrected chi connectivity index (χ4v) is 2.74. The van der Waals surface area contributed by atoms with Crippen LogP contribution < -0.4 is 0 Å². The molecule has 2 rings (SSSR count). The van der Waals surface area contributed by atoms with Crippen LogP contribution in [0.5, 0.6) is 0 Å². The van der Waals surface area contributed by atoms with Crippen molar-refractivity contribution < 1.29 is 9.63 Å². The van der Waals surface area contributed by atoms with Gasteiger partial charge in [0.15, 0.2) is 0 Å². The predicted octanol–water partition coefficient (Wildman–Crippen LogP) is 2.84. The topological polar surface area (TPSA) is 46.8 Å². The number of amides is 1. The maximum atomic E-state index is 12.3. The number of allylic oxidation sites excluding steroid dienone is 1. The van der Waals surface area contributed by atoms with Gasteiger partial charge in [0.05, 0.1) is 18.2 Å². The molecular weight excluding hydrogens is 262 g/mol. The number of thiazole rings is 1. The lowest BCUT2D eigenvalue weighted by Crippen LogP contribution is -2.27. The van der Waals surface area contributed by atoms with Gasteiger partial charge in [-0.1, -0.05) is 19.4 Å². The maximum absolute atomic E-state index is 12.3. The highest BCUT2D eigenvalue weighted by molar-refractivity contribution is 7.18. The molecule has 0 aliphatic heterocycles. The molecule has 1 amide bonds. The summed E-state index contributed by atoms with van der Waals surface area (Å²) in [5.74, 6) is -0.178. The second-order valence-electron chi connectivity index (χ2n) is 4.09. The first-order valence-electron chi connectivity index (χ1n) is 6.12. The summed E-state index contributed by atoms with van der Waals surface area (Å²) in [6.45, 7) is 2.12.